The van der Waals surface area contributed by atoms with Gasteiger partial charge in [0.15, 0.2) is 0 Å². The van der Waals surface area contributed by atoms with Crippen LogP contribution in [-0.2, 0) is 0 Å². The molecule has 4 heteroatoms. The van der Waals surface area contributed by atoms with Gasteiger partial charge in [-0.3, -0.25) is 4.90 Å². The van der Waals surface area contributed by atoms with E-state index in [2.05, 4.69) is 15.9 Å². The van der Waals surface area contributed by atoms with Crippen LogP contribution in [-0.4, -0.2) is 49.3 Å². The molecule has 0 radical (unpaired) electrons. The first kappa shape index (κ1) is 13.9. The molecular weight excluding hydrogens is 238 g/mol. The minimum atomic E-state index is -0.180. The number of nitriles is 1. The van der Waals surface area contributed by atoms with Gasteiger partial charge in [0.2, 0.25) is 0 Å². The van der Waals surface area contributed by atoms with Gasteiger partial charge in [-0.1, -0.05) is 6.07 Å². The smallest absolute Gasteiger partial charge is 0.0992 e. The molecule has 2 rings (SSSR count). The highest BCUT2D eigenvalue weighted by atomic mass is 16.3. The Morgan fingerprint density at radius 1 is 1.47 bits per heavy atom. The van der Waals surface area contributed by atoms with Crippen LogP contribution < -0.4 is 4.90 Å². The Balaban J connectivity index is 2.23. The zero-order chi connectivity index (χ0) is 13.9. The first-order chi connectivity index (χ1) is 9.11. The lowest BCUT2D eigenvalue weighted by Crippen LogP contribution is -2.58. The summed E-state index contributed by atoms with van der Waals surface area (Å²) < 4.78 is 0. The van der Waals surface area contributed by atoms with Crippen molar-refractivity contribution < 1.29 is 5.11 Å². The summed E-state index contributed by atoms with van der Waals surface area (Å²) in [7, 11) is 4.04. The second kappa shape index (κ2) is 5.60. The lowest BCUT2D eigenvalue weighted by molar-refractivity contribution is 0.0547. The van der Waals surface area contributed by atoms with Crippen LogP contribution in [0.15, 0.2) is 24.3 Å². The third kappa shape index (κ3) is 2.73. The Morgan fingerprint density at radius 3 is 2.89 bits per heavy atom. The van der Waals surface area contributed by atoms with Crippen molar-refractivity contribution in [3.05, 3.63) is 29.8 Å². The molecule has 19 heavy (non-hydrogen) atoms. The van der Waals surface area contributed by atoms with Gasteiger partial charge in [-0.25, -0.2) is 0 Å². The number of anilines is 1. The average Bonchev–Trinajstić information content (AvgIpc) is 2.47. The second-order valence-corrected chi connectivity index (χ2v) is 5.46. The van der Waals surface area contributed by atoms with Crippen LogP contribution >= 0.6 is 0 Å². The molecule has 0 spiro atoms. The predicted molar refractivity (Wildman–Crippen MR) is 76.1 cm³/mol. The molecule has 0 aromatic heterocycles. The fourth-order valence-electron chi connectivity index (χ4n) is 2.74. The maximum absolute atomic E-state index is 9.76. The molecule has 1 aromatic carbocycles. The van der Waals surface area contributed by atoms with Gasteiger partial charge in [0, 0.05) is 18.8 Å². The molecule has 1 saturated heterocycles. The van der Waals surface area contributed by atoms with Crippen molar-refractivity contribution in [3.63, 3.8) is 0 Å². The van der Waals surface area contributed by atoms with Gasteiger partial charge in [-0.05, 0) is 45.1 Å². The highest BCUT2D eigenvalue weighted by Gasteiger charge is 2.37. The summed E-state index contributed by atoms with van der Waals surface area (Å²) in [4.78, 5) is 4.38. The van der Waals surface area contributed by atoms with Crippen molar-refractivity contribution in [2.75, 3.05) is 38.7 Å². The summed E-state index contributed by atoms with van der Waals surface area (Å²) in [6.07, 6.45) is 2.06. The van der Waals surface area contributed by atoms with Gasteiger partial charge in [0.05, 0.1) is 23.8 Å². The van der Waals surface area contributed by atoms with Gasteiger partial charge in [-0.2, -0.15) is 5.26 Å². The number of aliphatic hydroxyl groups is 1. The lowest BCUT2D eigenvalue weighted by atomic mass is 9.88. The summed E-state index contributed by atoms with van der Waals surface area (Å²) in [5.74, 6) is 0. The van der Waals surface area contributed by atoms with E-state index in [4.69, 9.17) is 5.26 Å². The van der Waals surface area contributed by atoms with Crippen LogP contribution in [0.25, 0.3) is 0 Å². The van der Waals surface area contributed by atoms with E-state index in [-0.39, 0.29) is 12.1 Å². The van der Waals surface area contributed by atoms with Crippen LogP contribution in [0.4, 0.5) is 5.69 Å². The third-order valence-electron chi connectivity index (χ3n) is 4.14. The quantitative estimate of drug-likeness (QED) is 0.892. The molecule has 0 amide bonds. The van der Waals surface area contributed by atoms with E-state index < -0.39 is 0 Å². The number of benzene rings is 1. The molecule has 0 bridgehead atoms. The minimum Gasteiger partial charge on any atom is -0.394 e. The van der Waals surface area contributed by atoms with Crippen LogP contribution in [0.1, 0.15) is 18.4 Å². The lowest BCUT2D eigenvalue weighted by Gasteiger charge is -2.46. The maximum Gasteiger partial charge on any atom is 0.0992 e. The van der Waals surface area contributed by atoms with Gasteiger partial charge < -0.3 is 10.0 Å². The largest absolute Gasteiger partial charge is 0.394 e. The van der Waals surface area contributed by atoms with Gasteiger partial charge in [0.25, 0.3) is 0 Å². The predicted octanol–water partition coefficient (Wildman–Crippen LogP) is 1.45. The Hall–Kier alpha value is -1.57. The van der Waals surface area contributed by atoms with E-state index in [0.717, 1.165) is 31.6 Å². The summed E-state index contributed by atoms with van der Waals surface area (Å²) in [5, 5.41) is 18.7. The number of aliphatic hydroxyl groups excluding tert-OH is 1. The monoisotopic (exact) mass is 259 g/mol. The van der Waals surface area contributed by atoms with Crippen molar-refractivity contribution in [3.8, 4) is 6.07 Å². The molecule has 1 fully saturated rings. The average molecular weight is 259 g/mol. The summed E-state index contributed by atoms with van der Waals surface area (Å²) in [6, 6.07) is 9.86. The van der Waals surface area contributed by atoms with Crippen molar-refractivity contribution >= 4 is 5.69 Å². The highest BCUT2D eigenvalue weighted by molar-refractivity contribution is 5.52. The van der Waals surface area contributed by atoms with E-state index in [1.165, 1.54) is 0 Å². The Morgan fingerprint density at radius 2 is 2.26 bits per heavy atom. The van der Waals surface area contributed by atoms with Crippen LogP contribution in [0.2, 0.25) is 0 Å². The van der Waals surface area contributed by atoms with Crippen LogP contribution in [0.5, 0.6) is 0 Å². The van der Waals surface area contributed by atoms with Gasteiger partial charge in [0.1, 0.15) is 0 Å². The molecule has 0 saturated carbocycles. The maximum atomic E-state index is 9.76. The minimum absolute atomic E-state index is 0.161. The van der Waals surface area contributed by atoms with Crippen LogP contribution in [0, 0.1) is 11.3 Å². The van der Waals surface area contributed by atoms with Gasteiger partial charge >= 0.3 is 0 Å². The normalized spacial score (nSPS) is 23.4. The topological polar surface area (TPSA) is 50.5 Å². The van der Waals surface area contributed by atoms with Crippen molar-refractivity contribution in [2.24, 2.45) is 0 Å². The molecule has 1 atom stereocenters. The molecule has 4 nitrogen and oxygen atoms in total. The number of nitrogens with zero attached hydrogens (tertiary/aromatic N) is 3. The van der Waals surface area contributed by atoms with Crippen LogP contribution in [0.3, 0.4) is 0 Å². The Bertz CT molecular complexity index is 481. The van der Waals surface area contributed by atoms with E-state index in [0.29, 0.717) is 5.56 Å². The SMILES string of the molecule is CN(C)C1(CO)CCCN(c2cccc(C#N)c2)C1. The molecule has 0 aliphatic carbocycles. The molecule has 102 valence electrons. The molecule has 1 aliphatic rings. The number of hydrogen-bond donors (Lipinski definition) is 1. The Labute approximate surface area is 114 Å². The molecule has 1 aromatic rings. The van der Waals surface area contributed by atoms with Crippen molar-refractivity contribution in [2.45, 2.75) is 18.4 Å². The molecule has 1 unspecified atom stereocenters. The first-order valence-corrected chi connectivity index (χ1v) is 6.65. The summed E-state index contributed by atoms with van der Waals surface area (Å²) in [6.45, 7) is 1.93. The highest BCUT2D eigenvalue weighted by Crippen LogP contribution is 2.29. The van der Waals surface area contributed by atoms with E-state index >= 15 is 0 Å². The van der Waals surface area contributed by atoms with E-state index in [1.807, 2.05) is 38.4 Å². The standard InChI is InChI=1S/C15H21N3O/c1-17(2)15(12-19)7-4-8-18(11-15)14-6-3-5-13(9-14)10-16/h3,5-6,9,19H,4,7-8,11-12H2,1-2H3. The molecule has 1 aliphatic heterocycles. The molecule has 1 N–H and O–H groups in total. The zero-order valence-corrected chi connectivity index (χ0v) is 11.6. The van der Waals surface area contributed by atoms with E-state index in [9.17, 15) is 5.11 Å². The number of piperidine rings is 1. The van der Waals surface area contributed by atoms with Crippen molar-refractivity contribution in [1.29, 1.82) is 5.26 Å². The molecule has 1 heterocycles. The first-order valence-electron chi connectivity index (χ1n) is 6.65. The fourth-order valence-corrected chi connectivity index (χ4v) is 2.74. The number of hydrogen-bond acceptors (Lipinski definition) is 4. The number of likely N-dealkylation sites (N-methyl/N-ethyl adjacent to an activating group) is 1. The van der Waals surface area contributed by atoms with Crippen molar-refractivity contribution in [1.82, 2.24) is 4.90 Å². The third-order valence-corrected chi connectivity index (χ3v) is 4.14. The zero-order valence-electron chi connectivity index (χ0n) is 11.6. The summed E-state index contributed by atoms with van der Waals surface area (Å²) >= 11 is 0. The number of rotatable bonds is 3. The summed E-state index contributed by atoms with van der Waals surface area (Å²) in [5.41, 5.74) is 1.57. The fraction of sp³-hybridized carbons (Fsp3) is 0.533. The van der Waals surface area contributed by atoms with Gasteiger partial charge in [-0.15, -0.1) is 0 Å². The Kier molecular flexibility index (Phi) is 4.08. The molecular formula is C15H21N3O. The van der Waals surface area contributed by atoms with E-state index in [1.54, 1.807) is 0 Å². The second-order valence-electron chi connectivity index (χ2n) is 5.46.